The van der Waals surface area contributed by atoms with E-state index in [2.05, 4.69) is 15.3 Å². The van der Waals surface area contributed by atoms with Crippen molar-refractivity contribution < 1.29 is 4.79 Å². The fourth-order valence-electron chi connectivity index (χ4n) is 3.10. The molecule has 0 aliphatic carbocycles. The summed E-state index contributed by atoms with van der Waals surface area (Å²) in [6, 6.07) is 17.5. The molecule has 0 aliphatic heterocycles. The van der Waals surface area contributed by atoms with Gasteiger partial charge in [-0.05, 0) is 31.5 Å². The summed E-state index contributed by atoms with van der Waals surface area (Å²) in [5.74, 6) is 0.778. The van der Waals surface area contributed by atoms with E-state index in [0.717, 1.165) is 22.4 Å². The van der Waals surface area contributed by atoms with E-state index in [1.807, 2.05) is 73.8 Å². The average molecular weight is 436 g/mol. The summed E-state index contributed by atoms with van der Waals surface area (Å²) in [7, 11) is 0. The number of hydrogen-bond donors (Lipinski definition) is 2. The third-order valence-electron chi connectivity index (χ3n) is 4.73. The highest BCUT2D eigenvalue weighted by molar-refractivity contribution is 8.00. The maximum Gasteiger partial charge on any atom is 0.260 e. The highest BCUT2D eigenvalue weighted by Gasteiger charge is 2.17. The molecule has 7 heteroatoms. The molecular weight excluding hydrogens is 414 g/mol. The largest absolute Gasteiger partial charge is 0.325 e. The Bertz CT molecular complexity index is 1230. The molecule has 152 valence electrons. The Kier molecular flexibility index (Phi) is 6.01. The van der Waals surface area contributed by atoms with E-state index < -0.39 is 0 Å². The second-order valence-electron chi connectivity index (χ2n) is 7.01. The molecule has 2 N–H and O–H groups in total. The van der Waals surface area contributed by atoms with Gasteiger partial charge in [0.05, 0.1) is 16.4 Å². The third-order valence-corrected chi connectivity index (χ3v) is 6.76. The second kappa shape index (κ2) is 8.85. The molecule has 2 heterocycles. The summed E-state index contributed by atoms with van der Waals surface area (Å²) >= 11 is 2.90. The van der Waals surface area contributed by atoms with E-state index in [4.69, 9.17) is 0 Å². The number of fused-ring (bicyclic) bond motifs is 1. The first-order valence-corrected chi connectivity index (χ1v) is 11.5. The van der Waals surface area contributed by atoms with Crippen LogP contribution >= 0.6 is 23.1 Å². The molecule has 0 bridgehead atoms. The van der Waals surface area contributed by atoms with Crippen LogP contribution in [0.15, 0.2) is 64.8 Å². The van der Waals surface area contributed by atoms with Crippen LogP contribution in [0.1, 0.15) is 23.6 Å². The Morgan fingerprint density at radius 2 is 1.90 bits per heavy atom. The number of thioether (sulfide) groups is 1. The van der Waals surface area contributed by atoms with Crippen LogP contribution in [0.4, 0.5) is 5.69 Å². The van der Waals surface area contributed by atoms with E-state index in [1.54, 1.807) is 0 Å². The first kappa shape index (κ1) is 20.4. The molecule has 1 unspecified atom stereocenters. The number of carbonyl (C=O) groups is 1. The first-order valence-electron chi connectivity index (χ1n) is 9.56. The fraction of sp³-hybridized carbons (Fsp3) is 0.174. The number of amides is 1. The summed E-state index contributed by atoms with van der Waals surface area (Å²) in [4.78, 5) is 33.3. The molecule has 0 radical (unpaired) electrons. The first-order chi connectivity index (χ1) is 14.5. The summed E-state index contributed by atoms with van der Waals surface area (Å²) < 4.78 is 0. The fourth-order valence-corrected chi connectivity index (χ4v) is 4.80. The summed E-state index contributed by atoms with van der Waals surface area (Å²) in [5.41, 5.74) is 3.67. The van der Waals surface area contributed by atoms with Crippen LogP contribution in [-0.2, 0) is 4.79 Å². The highest BCUT2D eigenvalue weighted by atomic mass is 32.2. The number of anilines is 1. The van der Waals surface area contributed by atoms with E-state index >= 15 is 0 Å². The van der Waals surface area contributed by atoms with Crippen molar-refractivity contribution in [2.24, 2.45) is 0 Å². The molecule has 5 nitrogen and oxygen atoms in total. The molecular formula is C23H21N3O2S2. The van der Waals surface area contributed by atoms with E-state index in [0.29, 0.717) is 16.0 Å². The lowest BCUT2D eigenvalue weighted by atomic mass is 10.1. The van der Waals surface area contributed by atoms with Crippen LogP contribution in [0.2, 0.25) is 0 Å². The van der Waals surface area contributed by atoms with E-state index in [1.165, 1.54) is 23.1 Å². The van der Waals surface area contributed by atoms with Crippen molar-refractivity contribution in [2.45, 2.75) is 19.1 Å². The van der Waals surface area contributed by atoms with Gasteiger partial charge in [-0.1, -0.05) is 48.0 Å². The molecule has 2 aromatic heterocycles. The van der Waals surface area contributed by atoms with Gasteiger partial charge >= 0.3 is 0 Å². The predicted molar refractivity (Wildman–Crippen MR) is 126 cm³/mol. The van der Waals surface area contributed by atoms with Gasteiger partial charge in [-0.25, -0.2) is 4.98 Å². The summed E-state index contributed by atoms with van der Waals surface area (Å²) in [5, 5.41) is 5.36. The van der Waals surface area contributed by atoms with Crippen LogP contribution in [0.25, 0.3) is 21.3 Å². The Balaban J connectivity index is 1.47. The summed E-state index contributed by atoms with van der Waals surface area (Å²) in [6.07, 6.45) is 0. The molecule has 1 atom stereocenters. The zero-order chi connectivity index (χ0) is 21.1. The number of nitrogens with zero attached hydrogens (tertiary/aromatic N) is 1. The molecule has 0 saturated carbocycles. The lowest BCUT2D eigenvalue weighted by Crippen LogP contribution is -2.16. The van der Waals surface area contributed by atoms with Gasteiger partial charge in [0.2, 0.25) is 5.91 Å². The number of rotatable bonds is 6. The number of H-pyrrole nitrogens is 1. The van der Waals surface area contributed by atoms with Crippen LogP contribution in [0.3, 0.4) is 0 Å². The molecule has 4 rings (SSSR count). The number of aromatic amines is 1. The van der Waals surface area contributed by atoms with Crippen molar-refractivity contribution in [3.05, 3.63) is 81.7 Å². The van der Waals surface area contributed by atoms with Crippen molar-refractivity contribution in [2.75, 3.05) is 11.1 Å². The van der Waals surface area contributed by atoms with Crippen LogP contribution in [0, 0.1) is 6.92 Å². The molecule has 1 amide bonds. The number of aromatic nitrogens is 2. The number of nitrogens with one attached hydrogen (secondary N) is 2. The predicted octanol–water partition coefficient (Wildman–Crippen LogP) is 5.39. The SMILES string of the molecule is Cc1ccc(NC(=O)CSC(C)c2nc3scc(-c4ccccc4)c3c(=O)[nH]2)cc1. The number of hydrogen-bond acceptors (Lipinski definition) is 5. The van der Waals surface area contributed by atoms with Gasteiger partial charge < -0.3 is 10.3 Å². The molecule has 0 aliphatic rings. The topological polar surface area (TPSA) is 74.8 Å². The zero-order valence-electron chi connectivity index (χ0n) is 16.6. The maximum atomic E-state index is 12.8. The second-order valence-corrected chi connectivity index (χ2v) is 9.20. The van der Waals surface area contributed by atoms with Gasteiger partial charge in [-0.15, -0.1) is 23.1 Å². The molecule has 4 aromatic rings. The zero-order valence-corrected chi connectivity index (χ0v) is 18.3. The third kappa shape index (κ3) is 4.47. The van der Waals surface area contributed by atoms with Crippen molar-refractivity contribution in [1.82, 2.24) is 9.97 Å². The minimum absolute atomic E-state index is 0.0818. The maximum absolute atomic E-state index is 12.8. The van der Waals surface area contributed by atoms with Crippen molar-refractivity contribution in [1.29, 1.82) is 0 Å². The van der Waals surface area contributed by atoms with E-state index in [-0.39, 0.29) is 22.5 Å². The lowest BCUT2D eigenvalue weighted by Gasteiger charge is -2.11. The minimum Gasteiger partial charge on any atom is -0.325 e. The Hall–Kier alpha value is -2.90. The summed E-state index contributed by atoms with van der Waals surface area (Å²) in [6.45, 7) is 3.95. The monoisotopic (exact) mass is 435 g/mol. The van der Waals surface area contributed by atoms with Gasteiger partial charge in [0.25, 0.3) is 5.56 Å². The standard InChI is InChI=1S/C23H21N3O2S2/c1-14-8-10-17(11-9-14)24-19(27)13-29-15(2)21-25-22(28)20-18(12-30-23(20)26-21)16-6-4-3-5-7-16/h3-12,15H,13H2,1-2H3,(H,24,27)(H,25,26,28). The molecule has 30 heavy (non-hydrogen) atoms. The Morgan fingerprint density at radius 1 is 1.17 bits per heavy atom. The van der Waals surface area contributed by atoms with Crippen LogP contribution < -0.4 is 10.9 Å². The lowest BCUT2D eigenvalue weighted by molar-refractivity contribution is -0.113. The van der Waals surface area contributed by atoms with Gasteiger partial charge in [0.1, 0.15) is 10.7 Å². The molecule has 0 saturated heterocycles. The number of carbonyl (C=O) groups excluding carboxylic acids is 1. The van der Waals surface area contributed by atoms with Crippen molar-refractivity contribution in [3.63, 3.8) is 0 Å². The van der Waals surface area contributed by atoms with Gasteiger partial charge in [0.15, 0.2) is 0 Å². The van der Waals surface area contributed by atoms with Gasteiger partial charge in [0, 0.05) is 16.6 Å². The number of aryl methyl sites for hydroxylation is 1. The average Bonchev–Trinajstić information content (AvgIpc) is 3.19. The Labute approximate surface area is 182 Å². The minimum atomic E-state index is -0.147. The van der Waals surface area contributed by atoms with Gasteiger partial charge in [-0.3, -0.25) is 9.59 Å². The number of thiophene rings is 1. The normalized spacial score (nSPS) is 12.1. The van der Waals surface area contributed by atoms with Crippen molar-refractivity contribution >= 4 is 44.9 Å². The quantitative estimate of drug-likeness (QED) is 0.426. The highest BCUT2D eigenvalue weighted by Crippen LogP contribution is 2.32. The van der Waals surface area contributed by atoms with Crippen LogP contribution in [-0.4, -0.2) is 21.6 Å². The molecule has 2 aromatic carbocycles. The van der Waals surface area contributed by atoms with Gasteiger partial charge in [-0.2, -0.15) is 0 Å². The van der Waals surface area contributed by atoms with Crippen molar-refractivity contribution in [3.8, 4) is 11.1 Å². The van der Waals surface area contributed by atoms with E-state index in [9.17, 15) is 9.59 Å². The number of benzene rings is 2. The van der Waals surface area contributed by atoms with Crippen LogP contribution in [0.5, 0.6) is 0 Å². The smallest absolute Gasteiger partial charge is 0.260 e. The molecule has 0 fully saturated rings. The Morgan fingerprint density at radius 3 is 2.63 bits per heavy atom. The molecule has 0 spiro atoms.